The van der Waals surface area contributed by atoms with Crippen molar-refractivity contribution in [2.24, 2.45) is 0 Å². The van der Waals surface area contributed by atoms with Crippen molar-refractivity contribution in [3.8, 4) is 17.0 Å². The lowest BCUT2D eigenvalue weighted by molar-refractivity contribution is 0.191. The summed E-state index contributed by atoms with van der Waals surface area (Å²) in [5.41, 5.74) is 4.93. The Kier molecular flexibility index (Phi) is 6.80. The second-order valence-electron chi connectivity index (χ2n) is 9.39. The molecule has 0 unspecified atom stereocenters. The lowest BCUT2D eigenvalue weighted by atomic mass is 9.97. The van der Waals surface area contributed by atoms with E-state index in [-0.39, 0.29) is 11.9 Å². The van der Waals surface area contributed by atoms with E-state index in [1.165, 1.54) is 0 Å². The van der Waals surface area contributed by atoms with Crippen LogP contribution in [0, 0.1) is 0 Å². The van der Waals surface area contributed by atoms with E-state index in [0.29, 0.717) is 13.2 Å². The summed E-state index contributed by atoms with van der Waals surface area (Å²) >= 11 is 0. The van der Waals surface area contributed by atoms with E-state index in [1.54, 1.807) is 0 Å². The van der Waals surface area contributed by atoms with Gasteiger partial charge in [0.15, 0.2) is 0 Å². The molecule has 2 aromatic carbocycles. The Labute approximate surface area is 212 Å². The van der Waals surface area contributed by atoms with Crippen LogP contribution in [0.4, 0.5) is 16.2 Å². The van der Waals surface area contributed by atoms with E-state index in [9.17, 15) is 4.79 Å². The maximum atomic E-state index is 13.1. The molecular formula is C29H33N5O2. The maximum Gasteiger partial charge on any atom is 0.321 e. The quantitative estimate of drug-likeness (QED) is 0.372. The number of nitrogens with one attached hydrogen (secondary N) is 1. The minimum Gasteiger partial charge on any atom is -0.494 e. The molecule has 186 valence electrons. The molecule has 2 amide bonds. The summed E-state index contributed by atoms with van der Waals surface area (Å²) in [4.78, 5) is 22.2. The van der Waals surface area contributed by atoms with Gasteiger partial charge in [-0.2, -0.15) is 0 Å². The van der Waals surface area contributed by atoms with Crippen LogP contribution in [0.5, 0.6) is 5.75 Å². The molecule has 7 heteroatoms. The topological polar surface area (TPSA) is 62.1 Å². The standard InChI is InChI=1S/C29H33N5O2/c1-4-36-25-11-7-9-21(19-25)27-26-12-5-6-18-34(26)28(31-27)22-10-8-17-33(20-22)29(35)30-23-13-15-24(16-14-23)32(2)3/h5-7,9,11-16,18-19,22H,4,8,10,17,20H2,1-3H3,(H,30,35)/t22-/m1/s1. The van der Waals surface area contributed by atoms with Crippen LogP contribution in [0.2, 0.25) is 0 Å². The van der Waals surface area contributed by atoms with E-state index in [4.69, 9.17) is 9.72 Å². The first-order valence-corrected chi connectivity index (χ1v) is 12.6. The first-order valence-electron chi connectivity index (χ1n) is 12.6. The van der Waals surface area contributed by atoms with Gasteiger partial charge in [0.2, 0.25) is 0 Å². The van der Waals surface area contributed by atoms with Crippen LogP contribution in [0.1, 0.15) is 31.5 Å². The fraction of sp³-hybridized carbons (Fsp3) is 0.310. The van der Waals surface area contributed by atoms with Crippen molar-refractivity contribution in [2.75, 3.05) is 44.0 Å². The van der Waals surface area contributed by atoms with Gasteiger partial charge >= 0.3 is 6.03 Å². The van der Waals surface area contributed by atoms with Crippen molar-refractivity contribution >= 4 is 22.9 Å². The molecule has 1 N–H and O–H groups in total. The van der Waals surface area contributed by atoms with Gasteiger partial charge in [-0.05, 0) is 68.3 Å². The van der Waals surface area contributed by atoms with Crippen LogP contribution < -0.4 is 15.0 Å². The number of benzene rings is 2. The third-order valence-electron chi connectivity index (χ3n) is 6.70. The number of hydrogen-bond acceptors (Lipinski definition) is 4. The van der Waals surface area contributed by atoms with Crippen molar-refractivity contribution in [3.05, 3.63) is 78.8 Å². The Morgan fingerprint density at radius 3 is 2.72 bits per heavy atom. The Morgan fingerprint density at radius 1 is 1.11 bits per heavy atom. The molecule has 0 spiro atoms. The highest BCUT2D eigenvalue weighted by Crippen LogP contribution is 2.33. The molecule has 2 aromatic heterocycles. The highest BCUT2D eigenvalue weighted by molar-refractivity contribution is 5.89. The molecule has 0 bridgehead atoms. The number of imidazole rings is 1. The molecular weight excluding hydrogens is 450 g/mol. The van der Waals surface area contributed by atoms with Gasteiger partial charge in [-0.1, -0.05) is 18.2 Å². The normalized spacial score (nSPS) is 15.6. The largest absolute Gasteiger partial charge is 0.494 e. The first kappa shape index (κ1) is 23.7. The summed E-state index contributed by atoms with van der Waals surface area (Å²) in [6.45, 7) is 3.98. The third-order valence-corrected chi connectivity index (χ3v) is 6.70. The average Bonchev–Trinajstić information content (AvgIpc) is 3.29. The zero-order valence-corrected chi connectivity index (χ0v) is 21.1. The first-order chi connectivity index (χ1) is 17.5. The van der Waals surface area contributed by atoms with Crippen molar-refractivity contribution in [2.45, 2.75) is 25.7 Å². The molecule has 1 aliphatic rings. The van der Waals surface area contributed by atoms with Crippen LogP contribution in [-0.2, 0) is 0 Å². The smallest absolute Gasteiger partial charge is 0.321 e. The number of likely N-dealkylation sites (tertiary alicyclic amines) is 1. The SMILES string of the molecule is CCOc1cccc(-c2nc([C@@H]3CCCN(C(=O)Nc4ccc(N(C)C)cc4)C3)n3ccccc23)c1. The Hall–Kier alpha value is -4.00. The molecule has 1 atom stereocenters. The predicted molar refractivity (Wildman–Crippen MR) is 145 cm³/mol. The summed E-state index contributed by atoms with van der Waals surface area (Å²) in [6.07, 6.45) is 4.00. The van der Waals surface area contributed by atoms with Gasteiger partial charge in [-0.15, -0.1) is 0 Å². The average molecular weight is 484 g/mol. The Bertz CT molecular complexity index is 1350. The third kappa shape index (κ3) is 4.87. The number of fused-ring (bicyclic) bond motifs is 1. The lowest BCUT2D eigenvalue weighted by Gasteiger charge is -2.32. The van der Waals surface area contributed by atoms with Crippen molar-refractivity contribution in [1.29, 1.82) is 0 Å². The monoisotopic (exact) mass is 483 g/mol. The zero-order chi connectivity index (χ0) is 25.1. The van der Waals surface area contributed by atoms with Crippen molar-refractivity contribution in [3.63, 3.8) is 0 Å². The Balaban J connectivity index is 1.38. The number of piperidine rings is 1. The number of anilines is 2. The number of carbonyl (C=O) groups excluding carboxylic acids is 1. The molecule has 1 fully saturated rings. The van der Waals surface area contributed by atoms with Crippen molar-refractivity contribution < 1.29 is 9.53 Å². The van der Waals surface area contributed by atoms with Crippen LogP contribution in [0.15, 0.2) is 72.9 Å². The molecule has 3 heterocycles. The maximum absolute atomic E-state index is 13.1. The molecule has 0 aliphatic carbocycles. The van der Waals surface area contributed by atoms with Gasteiger partial charge in [0.05, 0.1) is 17.8 Å². The molecule has 0 saturated carbocycles. The number of rotatable bonds is 6. The second kappa shape index (κ2) is 10.3. The lowest BCUT2D eigenvalue weighted by Crippen LogP contribution is -2.42. The number of hydrogen-bond donors (Lipinski definition) is 1. The zero-order valence-electron chi connectivity index (χ0n) is 21.1. The molecule has 0 radical (unpaired) electrons. The number of carbonyl (C=O) groups is 1. The van der Waals surface area contributed by atoms with Gasteiger partial charge in [0.1, 0.15) is 11.6 Å². The van der Waals surface area contributed by atoms with E-state index in [0.717, 1.165) is 59.1 Å². The molecule has 7 nitrogen and oxygen atoms in total. The summed E-state index contributed by atoms with van der Waals surface area (Å²) in [5.74, 6) is 1.99. The van der Waals surface area contributed by atoms with Gasteiger partial charge in [-0.25, -0.2) is 9.78 Å². The summed E-state index contributed by atoms with van der Waals surface area (Å²) in [6, 6.07) is 22.1. The van der Waals surface area contributed by atoms with Gasteiger partial charge in [0, 0.05) is 56.2 Å². The highest BCUT2D eigenvalue weighted by Gasteiger charge is 2.28. The Morgan fingerprint density at radius 2 is 1.94 bits per heavy atom. The van der Waals surface area contributed by atoms with E-state index >= 15 is 0 Å². The number of nitrogens with zero attached hydrogens (tertiary/aromatic N) is 4. The molecule has 4 aromatic rings. The highest BCUT2D eigenvalue weighted by atomic mass is 16.5. The second-order valence-corrected chi connectivity index (χ2v) is 9.39. The molecule has 36 heavy (non-hydrogen) atoms. The van der Waals surface area contributed by atoms with E-state index in [1.807, 2.05) is 85.4 Å². The minimum atomic E-state index is -0.0668. The fourth-order valence-corrected chi connectivity index (χ4v) is 4.88. The van der Waals surface area contributed by atoms with Crippen LogP contribution in [0.3, 0.4) is 0 Å². The van der Waals surface area contributed by atoms with Crippen molar-refractivity contribution in [1.82, 2.24) is 14.3 Å². The fourth-order valence-electron chi connectivity index (χ4n) is 4.88. The van der Waals surface area contributed by atoms with Crippen LogP contribution in [0.25, 0.3) is 16.8 Å². The summed E-state index contributed by atoms with van der Waals surface area (Å²) in [7, 11) is 4.00. The number of ether oxygens (including phenoxy) is 1. The number of pyridine rings is 1. The predicted octanol–water partition coefficient (Wildman–Crippen LogP) is 5.88. The minimum absolute atomic E-state index is 0.0668. The molecule has 1 saturated heterocycles. The van der Waals surface area contributed by atoms with Gasteiger partial charge < -0.3 is 24.3 Å². The number of urea groups is 1. The number of amides is 2. The summed E-state index contributed by atoms with van der Waals surface area (Å²) in [5, 5.41) is 3.06. The molecule has 5 rings (SSSR count). The number of aromatic nitrogens is 2. The van der Waals surface area contributed by atoms with E-state index in [2.05, 4.69) is 28.0 Å². The van der Waals surface area contributed by atoms with E-state index < -0.39 is 0 Å². The van der Waals surface area contributed by atoms with Gasteiger partial charge in [-0.3, -0.25) is 0 Å². The molecule has 1 aliphatic heterocycles. The van der Waals surface area contributed by atoms with Crippen LogP contribution in [-0.4, -0.2) is 54.1 Å². The van der Waals surface area contributed by atoms with Crippen LogP contribution >= 0.6 is 0 Å². The summed E-state index contributed by atoms with van der Waals surface area (Å²) < 4.78 is 7.90. The van der Waals surface area contributed by atoms with Gasteiger partial charge in [0.25, 0.3) is 0 Å².